The number of benzene rings is 1. The Morgan fingerprint density at radius 3 is 2.75 bits per heavy atom. The van der Waals surface area contributed by atoms with Gasteiger partial charge in [-0.15, -0.1) is 0 Å². The molecule has 0 bridgehead atoms. The van der Waals surface area contributed by atoms with Crippen molar-refractivity contribution in [2.24, 2.45) is 0 Å². The Bertz CT molecular complexity index is 611. The van der Waals surface area contributed by atoms with E-state index in [0.29, 0.717) is 17.9 Å². The number of hydrogen-bond acceptors (Lipinski definition) is 3. The molecule has 0 radical (unpaired) electrons. The minimum atomic E-state index is -0.369. The minimum Gasteiger partial charge on any atom is -0.377 e. The van der Waals surface area contributed by atoms with Crippen molar-refractivity contribution in [3.63, 3.8) is 0 Å². The Hall–Kier alpha value is -2.43. The molecule has 0 atom stereocenters. The zero-order valence-electron chi connectivity index (χ0n) is 11.4. The first-order valence-electron chi connectivity index (χ1n) is 6.27. The van der Waals surface area contributed by atoms with Gasteiger partial charge in [-0.3, -0.25) is 9.78 Å². The SMILES string of the molecule is CC(=O)Nc1ccc(F)c(NCc2ccc(C)cn2)c1. The molecule has 2 aromatic rings. The van der Waals surface area contributed by atoms with Gasteiger partial charge in [-0.2, -0.15) is 0 Å². The predicted molar refractivity (Wildman–Crippen MR) is 77.0 cm³/mol. The Kier molecular flexibility index (Phi) is 4.30. The number of carbonyl (C=O) groups is 1. The molecule has 1 heterocycles. The summed E-state index contributed by atoms with van der Waals surface area (Å²) in [5.41, 5.74) is 2.78. The van der Waals surface area contributed by atoms with E-state index in [-0.39, 0.29) is 11.7 Å². The van der Waals surface area contributed by atoms with Crippen LogP contribution in [0.3, 0.4) is 0 Å². The fraction of sp³-hybridized carbons (Fsp3) is 0.200. The summed E-state index contributed by atoms with van der Waals surface area (Å²) in [5.74, 6) is -0.561. The van der Waals surface area contributed by atoms with Gasteiger partial charge in [-0.05, 0) is 36.8 Å². The highest BCUT2D eigenvalue weighted by atomic mass is 19.1. The predicted octanol–water partition coefficient (Wildman–Crippen LogP) is 3.10. The van der Waals surface area contributed by atoms with Gasteiger partial charge in [-0.1, -0.05) is 6.07 Å². The topological polar surface area (TPSA) is 54.0 Å². The fourth-order valence-corrected chi connectivity index (χ4v) is 1.73. The monoisotopic (exact) mass is 273 g/mol. The number of aromatic nitrogens is 1. The molecule has 20 heavy (non-hydrogen) atoms. The Balaban J connectivity index is 2.08. The van der Waals surface area contributed by atoms with Crippen molar-refractivity contribution >= 4 is 17.3 Å². The quantitative estimate of drug-likeness (QED) is 0.900. The van der Waals surface area contributed by atoms with Gasteiger partial charge in [0, 0.05) is 18.8 Å². The van der Waals surface area contributed by atoms with Crippen molar-refractivity contribution in [3.05, 3.63) is 53.6 Å². The maximum absolute atomic E-state index is 13.7. The summed E-state index contributed by atoms with van der Waals surface area (Å²) in [6, 6.07) is 8.24. The molecule has 0 aliphatic carbocycles. The molecule has 0 aliphatic heterocycles. The molecule has 1 aromatic carbocycles. The lowest BCUT2D eigenvalue weighted by Gasteiger charge is -2.10. The molecule has 0 fully saturated rings. The fourth-order valence-electron chi connectivity index (χ4n) is 1.73. The molecule has 4 nitrogen and oxygen atoms in total. The number of nitrogens with zero attached hydrogens (tertiary/aromatic N) is 1. The van der Waals surface area contributed by atoms with Crippen molar-refractivity contribution in [2.45, 2.75) is 20.4 Å². The summed E-state index contributed by atoms with van der Waals surface area (Å²) in [6.07, 6.45) is 1.76. The van der Waals surface area contributed by atoms with E-state index >= 15 is 0 Å². The van der Waals surface area contributed by atoms with E-state index in [2.05, 4.69) is 15.6 Å². The van der Waals surface area contributed by atoms with E-state index < -0.39 is 0 Å². The second-order valence-electron chi connectivity index (χ2n) is 4.56. The molecule has 0 saturated heterocycles. The van der Waals surface area contributed by atoms with Crippen LogP contribution in [0.25, 0.3) is 0 Å². The lowest BCUT2D eigenvalue weighted by atomic mass is 10.2. The number of aryl methyl sites for hydroxylation is 1. The van der Waals surface area contributed by atoms with Crippen LogP contribution >= 0.6 is 0 Å². The highest BCUT2D eigenvalue weighted by Crippen LogP contribution is 2.20. The van der Waals surface area contributed by atoms with Gasteiger partial charge in [0.15, 0.2) is 0 Å². The summed E-state index contributed by atoms with van der Waals surface area (Å²) in [6.45, 7) is 3.79. The maximum Gasteiger partial charge on any atom is 0.221 e. The third-order valence-corrected chi connectivity index (χ3v) is 2.72. The molecule has 104 valence electrons. The molecule has 2 rings (SSSR count). The van der Waals surface area contributed by atoms with Gasteiger partial charge in [-0.25, -0.2) is 4.39 Å². The number of anilines is 2. The van der Waals surface area contributed by atoms with Crippen molar-refractivity contribution in [2.75, 3.05) is 10.6 Å². The summed E-state index contributed by atoms with van der Waals surface area (Å²) in [7, 11) is 0. The largest absolute Gasteiger partial charge is 0.377 e. The number of nitrogens with one attached hydrogen (secondary N) is 2. The van der Waals surface area contributed by atoms with Crippen molar-refractivity contribution in [3.8, 4) is 0 Å². The van der Waals surface area contributed by atoms with Crippen molar-refractivity contribution in [1.82, 2.24) is 4.98 Å². The summed E-state index contributed by atoms with van der Waals surface area (Å²) < 4.78 is 13.7. The molecule has 0 spiro atoms. The molecule has 0 unspecified atom stereocenters. The van der Waals surface area contributed by atoms with E-state index in [1.54, 1.807) is 12.3 Å². The Labute approximate surface area is 117 Å². The van der Waals surface area contributed by atoms with Crippen molar-refractivity contribution < 1.29 is 9.18 Å². The summed E-state index contributed by atoms with van der Waals surface area (Å²) >= 11 is 0. The van der Waals surface area contributed by atoms with Crippen LogP contribution in [0, 0.1) is 12.7 Å². The van der Waals surface area contributed by atoms with Crippen LogP contribution < -0.4 is 10.6 Å². The van der Waals surface area contributed by atoms with E-state index in [0.717, 1.165) is 11.3 Å². The average Bonchev–Trinajstić information content (AvgIpc) is 2.40. The van der Waals surface area contributed by atoms with Crippen LogP contribution in [0.2, 0.25) is 0 Å². The lowest BCUT2D eigenvalue weighted by Crippen LogP contribution is -2.08. The number of halogens is 1. The molecule has 5 heteroatoms. The van der Waals surface area contributed by atoms with E-state index in [1.165, 1.54) is 19.1 Å². The minimum absolute atomic E-state index is 0.192. The number of rotatable bonds is 4. The Morgan fingerprint density at radius 1 is 1.30 bits per heavy atom. The molecule has 2 N–H and O–H groups in total. The van der Waals surface area contributed by atoms with E-state index in [1.807, 2.05) is 19.1 Å². The molecule has 0 saturated carbocycles. The standard InChI is InChI=1S/C15H16FN3O/c1-10-3-4-13(17-8-10)9-18-15-7-12(19-11(2)20)5-6-14(15)16/h3-8,18H,9H2,1-2H3,(H,19,20). The molecule has 0 aliphatic rings. The van der Waals surface area contributed by atoms with Crippen LogP contribution in [0.4, 0.5) is 15.8 Å². The maximum atomic E-state index is 13.7. The van der Waals surface area contributed by atoms with Crippen LogP contribution in [-0.4, -0.2) is 10.9 Å². The molecule has 1 amide bonds. The van der Waals surface area contributed by atoms with Gasteiger partial charge < -0.3 is 10.6 Å². The van der Waals surface area contributed by atoms with Crippen LogP contribution in [0.15, 0.2) is 36.5 Å². The summed E-state index contributed by atoms with van der Waals surface area (Å²) in [4.78, 5) is 15.2. The van der Waals surface area contributed by atoms with Crippen LogP contribution in [-0.2, 0) is 11.3 Å². The first-order valence-corrected chi connectivity index (χ1v) is 6.27. The van der Waals surface area contributed by atoms with E-state index in [9.17, 15) is 9.18 Å². The number of carbonyl (C=O) groups excluding carboxylic acids is 1. The number of hydrogen-bond donors (Lipinski definition) is 2. The smallest absolute Gasteiger partial charge is 0.221 e. The van der Waals surface area contributed by atoms with E-state index in [4.69, 9.17) is 0 Å². The second-order valence-corrected chi connectivity index (χ2v) is 4.56. The highest BCUT2D eigenvalue weighted by molar-refractivity contribution is 5.89. The molecule has 1 aromatic heterocycles. The average molecular weight is 273 g/mol. The highest BCUT2D eigenvalue weighted by Gasteiger charge is 2.05. The lowest BCUT2D eigenvalue weighted by molar-refractivity contribution is -0.114. The van der Waals surface area contributed by atoms with Crippen molar-refractivity contribution in [1.29, 1.82) is 0 Å². The van der Waals surface area contributed by atoms with Crippen LogP contribution in [0.1, 0.15) is 18.2 Å². The zero-order valence-corrected chi connectivity index (χ0v) is 11.4. The molecular formula is C15H16FN3O. The first kappa shape index (κ1) is 14.0. The normalized spacial score (nSPS) is 10.2. The molecular weight excluding hydrogens is 257 g/mol. The zero-order chi connectivity index (χ0) is 14.5. The Morgan fingerprint density at radius 2 is 2.10 bits per heavy atom. The number of amides is 1. The van der Waals surface area contributed by atoms with Gasteiger partial charge >= 0.3 is 0 Å². The van der Waals surface area contributed by atoms with Gasteiger partial charge in [0.1, 0.15) is 5.82 Å². The van der Waals surface area contributed by atoms with Gasteiger partial charge in [0.05, 0.1) is 17.9 Å². The van der Waals surface area contributed by atoms with Crippen LogP contribution in [0.5, 0.6) is 0 Å². The summed E-state index contributed by atoms with van der Waals surface area (Å²) in [5, 5.41) is 5.59. The third kappa shape index (κ3) is 3.78. The second kappa shape index (κ2) is 6.14. The third-order valence-electron chi connectivity index (χ3n) is 2.72. The first-order chi connectivity index (χ1) is 9.54. The van der Waals surface area contributed by atoms with Gasteiger partial charge in [0.25, 0.3) is 0 Å². The number of pyridine rings is 1. The van der Waals surface area contributed by atoms with Gasteiger partial charge in [0.2, 0.25) is 5.91 Å².